The van der Waals surface area contributed by atoms with Gasteiger partial charge in [0.1, 0.15) is 11.6 Å². The summed E-state index contributed by atoms with van der Waals surface area (Å²) in [6, 6.07) is 3.95. The van der Waals surface area contributed by atoms with Crippen molar-refractivity contribution in [1.29, 1.82) is 0 Å². The van der Waals surface area contributed by atoms with Crippen molar-refractivity contribution in [3.8, 4) is 0 Å². The van der Waals surface area contributed by atoms with Crippen LogP contribution in [0, 0.1) is 0 Å². The second-order valence-electron chi connectivity index (χ2n) is 10.5. The molecule has 3 aliphatic rings. The molecule has 3 heterocycles. The first kappa shape index (κ1) is 27.5. The van der Waals surface area contributed by atoms with Crippen LogP contribution < -0.4 is 10.6 Å². The lowest BCUT2D eigenvalue weighted by Gasteiger charge is -2.35. The topological polar surface area (TPSA) is 138 Å². The van der Waals surface area contributed by atoms with E-state index in [0.717, 1.165) is 24.5 Å². The van der Waals surface area contributed by atoms with E-state index >= 15 is 0 Å². The molecule has 0 aromatic heterocycles. The van der Waals surface area contributed by atoms with Crippen LogP contribution in [0.3, 0.4) is 0 Å². The third-order valence-corrected chi connectivity index (χ3v) is 6.61. The highest BCUT2D eigenvalue weighted by Gasteiger charge is 2.45. The van der Waals surface area contributed by atoms with E-state index in [1.165, 1.54) is 0 Å². The fourth-order valence-electron chi connectivity index (χ4n) is 4.70. The first-order chi connectivity index (χ1) is 18.0. The molecule has 4 rings (SSSR count). The monoisotopic (exact) mass is 529 g/mol. The van der Waals surface area contributed by atoms with Crippen molar-refractivity contribution in [3.63, 3.8) is 0 Å². The number of piperazine rings is 1. The summed E-state index contributed by atoms with van der Waals surface area (Å²) in [4.78, 5) is 66.9. The minimum Gasteiger partial charge on any atom is -0.444 e. The molecule has 2 saturated heterocycles. The number of rotatable bonds is 8. The Morgan fingerprint density at radius 1 is 1.05 bits per heavy atom. The van der Waals surface area contributed by atoms with Gasteiger partial charge >= 0.3 is 6.09 Å². The van der Waals surface area contributed by atoms with Crippen LogP contribution in [0.15, 0.2) is 18.2 Å². The number of hydrogen-bond donors (Lipinski definition) is 2. The number of amides is 5. The molecule has 12 nitrogen and oxygen atoms in total. The molecule has 3 aliphatic heterocycles. The third-order valence-electron chi connectivity index (χ3n) is 6.61. The predicted molar refractivity (Wildman–Crippen MR) is 137 cm³/mol. The number of ether oxygens (including phenoxy) is 2. The van der Waals surface area contributed by atoms with E-state index in [1.807, 2.05) is 20.8 Å². The van der Waals surface area contributed by atoms with Gasteiger partial charge in [0, 0.05) is 51.4 Å². The number of imide groups is 2. The van der Waals surface area contributed by atoms with E-state index < -0.39 is 35.3 Å². The van der Waals surface area contributed by atoms with Crippen molar-refractivity contribution in [3.05, 3.63) is 29.3 Å². The Morgan fingerprint density at radius 2 is 1.79 bits per heavy atom. The Kier molecular flexibility index (Phi) is 8.32. The molecule has 2 fully saturated rings. The zero-order chi connectivity index (χ0) is 27.4. The summed E-state index contributed by atoms with van der Waals surface area (Å²) in [5.41, 5.74) is 0.449. The van der Waals surface area contributed by atoms with Crippen LogP contribution in [0.25, 0.3) is 0 Å². The number of benzene rings is 1. The standard InChI is InChI=1S/C26H35N5O7/c1-26(2,3)38-25(36)30-12-10-29(11-13-30)14-16-37-15-9-27-18-6-4-5-17-21(18)24(35)31(23(17)34)19-7-8-20(32)28-22(19)33/h4-6,19,27H,7-16H2,1-3H3,(H,28,32,33). The minimum absolute atomic E-state index is 0.0751. The number of nitrogens with one attached hydrogen (secondary N) is 2. The molecule has 1 aromatic rings. The molecule has 206 valence electrons. The molecule has 0 radical (unpaired) electrons. The van der Waals surface area contributed by atoms with Crippen LogP contribution in [-0.4, -0.2) is 109 Å². The molecule has 12 heteroatoms. The van der Waals surface area contributed by atoms with Crippen LogP contribution in [0.5, 0.6) is 0 Å². The summed E-state index contributed by atoms with van der Waals surface area (Å²) >= 11 is 0. The molecule has 1 aromatic carbocycles. The largest absolute Gasteiger partial charge is 0.444 e. The van der Waals surface area contributed by atoms with Crippen molar-refractivity contribution in [1.82, 2.24) is 20.0 Å². The van der Waals surface area contributed by atoms with Crippen molar-refractivity contribution in [2.24, 2.45) is 0 Å². The maximum Gasteiger partial charge on any atom is 0.410 e. The van der Waals surface area contributed by atoms with Crippen molar-refractivity contribution < 1.29 is 33.4 Å². The average Bonchev–Trinajstić information content (AvgIpc) is 3.11. The second kappa shape index (κ2) is 11.5. The van der Waals surface area contributed by atoms with Gasteiger partial charge in [0.25, 0.3) is 11.8 Å². The maximum atomic E-state index is 13.1. The van der Waals surface area contributed by atoms with Crippen LogP contribution >= 0.6 is 0 Å². The van der Waals surface area contributed by atoms with Gasteiger partial charge in [-0.05, 0) is 39.3 Å². The fourth-order valence-corrected chi connectivity index (χ4v) is 4.70. The molecular weight excluding hydrogens is 494 g/mol. The molecule has 5 amide bonds. The predicted octanol–water partition coefficient (Wildman–Crippen LogP) is 1.07. The van der Waals surface area contributed by atoms with Gasteiger partial charge in [0.2, 0.25) is 11.8 Å². The number of hydrogen-bond acceptors (Lipinski definition) is 9. The van der Waals surface area contributed by atoms with E-state index in [2.05, 4.69) is 15.5 Å². The number of nitrogens with zero attached hydrogens (tertiary/aromatic N) is 3. The van der Waals surface area contributed by atoms with E-state index in [4.69, 9.17) is 9.47 Å². The quantitative estimate of drug-likeness (QED) is 0.374. The molecule has 0 saturated carbocycles. The van der Waals surface area contributed by atoms with E-state index in [1.54, 1.807) is 23.1 Å². The fraction of sp³-hybridized carbons (Fsp3) is 0.577. The van der Waals surface area contributed by atoms with Gasteiger partial charge in [-0.25, -0.2) is 4.79 Å². The van der Waals surface area contributed by atoms with Gasteiger partial charge in [-0.2, -0.15) is 0 Å². The average molecular weight is 530 g/mol. The van der Waals surface area contributed by atoms with E-state index in [9.17, 15) is 24.0 Å². The molecule has 2 N–H and O–H groups in total. The summed E-state index contributed by atoms with van der Waals surface area (Å²) < 4.78 is 11.2. The van der Waals surface area contributed by atoms with Gasteiger partial charge in [0.15, 0.2) is 0 Å². The van der Waals surface area contributed by atoms with Gasteiger partial charge in [-0.15, -0.1) is 0 Å². The van der Waals surface area contributed by atoms with Crippen LogP contribution in [0.2, 0.25) is 0 Å². The highest BCUT2D eigenvalue weighted by atomic mass is 16.6. The Balaban J connectivity index is 1.20. The van der Waals surface area contributed by atoms with Crippen LogP contribution in [0.4, 0.5) is 10.5 Å². The number of fused-ring (bicyclic) bond motifs is 1. The van der Waals surface area contributed by atoms with Crippen molar-refractivity contribution >= 4 is 35.4 Å². The Morgan fingerprint density at radius 3 is 2.47 bits per heavy atom. The van der Waals surface area contributed by atoms with E-state index in [-0.39, 0.29) is 30.1 Å². The maximum absolute atomic E-state index is 13.1. The lowest BCUT2D eigenvalue weighted by molar-refractivity contribution is -0.136. The highest BCUT2D eigenvalue weighted by molar-refractivity contribution is 6.25. The molecule has 1 unspecified atom stereocenters. The SMILES string of the molecule is CC(C)(C)OC(=O)N1CCN(CCOCCNc2cccc3c2C(=O)N(C2CCC(=O)NC2=O)C3=O)CC1. The summed E-state index contributed by atoms with van der Waals surface area (Å²) in [5.74, 6) is -2.13. The van der Waals surface area contributed by atoms with Gasteiger partial charge in [-0.1, -0.05) is 6.07 Å². The van der Waals surface area contributed by atoms with Gasteiger partial charge < -0.3 is 19.7 Å². The number of piperidine rings is 1. The molecule has 0 bridgehead atoms. The van der Waals surface area contributed by atoms with Crippen LogP contribution in [-0.2, 0) is 19.1 Å². The van der Waals surface area contributed by atoms with Crippen molar-refractivity contribution in [2.45, 2.75) is 45.3 Å². The highest BCUT2D eigenvalue weighted by Crippen LogP contribution is 2.32. The van der Waals surface area contributed by atoms with Crippen molar-refractivity contribution in [2.75, 3.05) is 57.8 Å². The second-order valence-corrected chi connectivity index (χ2v) is 10.5. The zero-order valence-electron chi connectivity index (χ0n) is 22.1. The minimum atomic E-state index is -0.998. The Labute approximate surface area is 221 Å². The number of anilines is 1. The first-order valence-electron chi connectivity index (χ1n) is 12.9. The Hall–Kier alpha value is -3.51. The number of carbonyl (C=O) groups excluding carboxylic acids is 5. The smallest absolute Gasteiger partial charge is 0.410 e. The lowest BCUT2D eigenvalue weighted by Crippen LogP contribution is -2.54. The summed E-state index contributed by atoms with van der Waals surface area (Å²) in [6.45, 7) is 10.3. The van der Waals surface area contributed by atoms with Gasteiger partial charge in [-0.3, -0.25) is 34.3 Å². The van der Waals surface area contributed by atoms with E-state index in [0.29, 0.717) is 38.5 Å². The summed E-state index contributed by atoms with van der Waals surface area (Å²) in [6.07, 6.45) is -0.0960. The summed E-state index contributed by atoms with van der Waals surface area (Å²) in [5, 5.41) is 5.36. The molecule has 1 atom stereocenters. The lowest BCUT2D eigenvalue weighted by atomic mass is 10.0. The molecule has 0 spiro atoms. The number of carbonyl (C=O) groups is 5. The molecule has 38 heavy (non-hydrogen) atoms. The molecular formula is C26H35N5O7. The molecule has 0 aliphatic carbocycles. The Bertz CT molecular complexity index is 1110. The normalized spacial score (nSPS) is 20.4. The van der Waals surface area contributed by atoms with Gasteiger partial charge in [0.05, 0.1) is 24.3 Å². The third kappa shape index (κ3) is 6.30. The summed E-state index contributed by atoms with van der Waals surface area (Å²) in [7, 11) is 0. The zero-order valence-corrected chi connectivity index (χ0v) is 22.1. The first-order valence-corrected chi connectivity index (χ1v) is 12.9. The van der Waals surface area contributed by atoms with Crippen LogP contribution in [0.1, 0.15) is 54.3 Å².